The normalized spacial score (nSPS) is 13.1. The van der Waals surface area contributed by atoms with Crippen molar-refractivity contribution in [3.8, 4) is 0 Å². The smallest absolute Gasteiger partial charge is 0.127 e. The van der Waals surface area contributed by atoms with Crippen LogP contribution in [0.4, 0.5) is 4.39 Å². The quantitative estimate of drug-likeness (QED) is 0.820. The predicted molar refractivity (Wildman–Crippen MR) is 72.0 cm³/mol. The Kier molecular flexibility index (Phi) is 5.41. The van der Waals surface area contributed by atoms with Gasteiger partial charge in [0.2, 0.25) is 0 Å². The van der Waals surface area contributed by atoms with Crippen LogP contribution in [0.3, 0.4) is 0 Å². The maximum atomic E-state index is 13.4. The topological polar surface area (TPSA) is 12.0 Å². The Morgan fingerprint density at radius 3 is 2.53 bits per heavy atom. The molecule has 1 unspecified atom stereocenters. The van der Waals surface area contributed by atoms with Gasteiger partial charge in [-0.3, -0.25) is 0 Å². The monoisotopic (exact) mass is 257 g/mol. The largest absolute Gasteiger partial charge is 0.310 e. The maximum absolute atomic E-state index is 13.4. The van der Waals surface area contributed by atoms with Gasteiger partial charge >= 0.3 is 0 Å². The van der Waals surface area contributed by atoms with Gasteiger partial charge in [-0.15, -0.1) is 0 Å². The van der Waals surface area contributed by atoms with Crippen molar-refractivity contribution in [3.05, 3.63) is 34.1 Å². The standard InChI is InChI=1S/C14H21ClFN/c1-5-17-14(6-9(2)3)11-7-10(4)13(16)8-12(11)15/h7-9,14,17H,5-6H2,1-4H3. The van der Waals surface area contributed by atoms with Gasteiger partial charge in [0.05, 0.1) is 0 Å². The lowest BCUT2D eigenvalue weighted by molar-refractivity contribution is 0.438. The molecule has 0 aromatic heterocycles. The van der Waals surface area contributed by atoms with E-state index < -0.39 is 0 Å². The average molecular weight is 258 g/mol. The Morgan fingerprint density at radius 1 is 1.35 bits per heavy atom. The summed E-state index contributed by atoms with van der Waals surface area (Å²) in [4.78, 5) is 0. The molecule has 1 aromatic carbocycles. The zero-order valence-corrected chi connectivity index (χ0v) is 11.7. The molecule has 1 nitrogen and oxygen atoms in total. The zero-order chi connectivity index (χ0) is 13.0. The summed E-state index contributed by atoms with van der Waals surface area (Å²) in [5.41, 5.74) is 1.65. The van der Waals surface area contributed by atoms with Gasteiger partial charge in [-0.25, -0.2) is 4.39 Å². The number of nitrogens with one attached hydrogen (secondary N) is 1. The maximum Gasteiger partial charge on any atom is 0.127 e. The van der Waals surface area contributed by atoms with Crippen LogP contribution >= 0.6 is 11.6 Å². The Morgan fingerprint density at radius 2 is 2.00 bits per heavy atom. The number of aryl methyl sites for hydroxylation is 1. The van der Waals surface area contributed by atoms with Crippen LogP contribution in [0.2, 0.25) is 5.02 Å². The first-order valence-electron chi connectivity index (χ1n) is 6.14. The highest BCUT2D eigenvalue weighted by Crippen LogP contribution is 2.29. The molecule has 1 rings (SSSR count). The van der Waals surface area contributed by atoms with Gasteiger partial charge in [-0.1, -0.05) is 38.4 Å². The molecular weight excluding hydrogens is 237 g/mol. The van der Waals surface area contributed by atoms with E-state index in [2.05, 4.69) is 26.1 Å². The van der Waals surface area contributed by atoms with Crippen LogP contribution in [0.1, 0.15) is 44.4 Å². The van der Waals surface area contributed by atoms with Gasteiger partial charge in [-0.05, 0) is 43.0 Å². The van der Waals surface area contributed by atoms with E-state index in [0.29, 0.717) is 16.5 Å². The van der Waals surface area contributed by atoms with E-state index in [0.717, 1.165) is 18.5 Å². The second-order valence-electron chi connectivity index (χ2n) is 4.86. The van der Waals surface area contributed by atoms with Crippen LogP contribution in [-0.4, -0.2) is 6.54 Å². The Hall–Kier alpha value is -0.600. The number of hydrogen-bond acceptors (Lipinski definition) is 1. The molecule has 0 aliphatic carbocycles. The van der Waals surface area contributed by atoms with E-state index in [9.17, 15) is 4.39 Å². The van der Waals surface area contributed by atoms with Crippen molar-refractivity contribution in [2.45, 2.75) is 40.2 Å². The molecular formula is C14H21ClFN. The fraction of sp³-hybridized carbons (Fsp3) is 0.571. The molecule has 0 radical (unpaired) electrons. The van der Waals surface area contributed by atoms with Crippen molar-refractivity contribution in [2.75, 3.05) is 6.54 Å². The van der Waals surface area contributed by atoms with Crippen molar-refractivity contribution >= 4 is 11.6 Å². The molecule has 0 fully saturated rings. The van der Waals surface area contributed by atoms with Gasteiger partial charge in [0.25, 0.3) is 0 Å². The fourth-order valence-electron chi connectivity index (χ4n) is 1.98. The van der Waals surface area contributed by atoms with E-state index in [1.165, 1.54) is 6.07 Å². The summed E-state index contributed by atoms with van der Waals surface area (Å²) in [5.74, 6) is 0.332. The Balaban J connectivity index is 3.04. The minimum atomic E-state index is -0.237. The second kappa shape index (κ2) is 6.36. The predicted octanol–water partition coefficient (Wildman–Crippen LogP) is 4.48. The number of hydrogen-bond donors (Lipinski definition) is 1. The van der Waals surface area contributed by atoms with Crippen molar-refractivity contribution in [1.82, 2.24) is 5.32 Å². The first-order valence-corrected chi connectivity index (χ1v) is 6.52. The van der Waals surface area contributed by atoms with Crippen LogP contribution < -0.4 is 5.32 Å². The van der Waals surface area contributed by atoms with Crippen LogP contribution in [0.5, 0.6) is 0 Å². The van der Waals surface area contributed by atoms with Crippen molar-refractivity contribution < 1.29 is 4.39 Å². The first kappa shape index (κ1) is 14.5. The third-order valence-electron chi connectivity index (χ3n) is 2.81. The van der Waals surface area contributed by atoms with Gasteiger partial charge in [0.15, 0.2) is 0 Å². The first-order chi connectivity index (χ1) is 7.95. The van der Waals surface area contributed by atoms with Gasteiger partial charge in [0, 0.05) is 11.1 Å². The van der Waals surface area contributed by atoms with Crippen LogP contribution in [-0.2, 0) is 0 Å². The van der Waals surface area contributed by atoms with Gasteiger partial charge in [0.1, 0.15) is 5.82 Å². The summed E-state index contributed by atoms with van der Waals surface area (Å²) in [5, 5.41) is 3.92. The molecule has 17 heavy (non-hydrogen) atoms. The van der Waals surface area contributed by atoms with Crippen LogP contribution in [0.25, 0.3) is 0 Å². The number of halogens is 2. The Bertz CT molecular complexity index is 377. The lowest BCUT2D eigenvalue weighted by Gasteiger charge is -2.22. The molecule has 1 atom stereocenters. The summed E-state index contributed by atoms with van der Waals surface area (Å²) in [6.45, 7) is 9.07. The molecule has 0 aliphatic rings. The molecule has 96 valence electrons. The number of rotatable bonds is 5. The van der Waals surface area contributed by atoms with E-state index >= 15 is 0 Å². The summed E-state index contributed by atoms with van der Waals surface area (Å²) in [6, 6.07) is 3.47. The van der Waals surface area contributed by atoms with Crippen molar-refractivity contribution in [2.24, 2.45) is 5.92 Å². The molecule has 0 saturated heterocycles. The fourth-order valence-corrected chi connectivity index (χ4v) is 2.27. The minimum absolute atomic E-state index is 0.201. The van der Waals surface area contributed by atoms with Gasteiger partial charge < -0.3 is 5.32 Å². The average Bonchev–Trinajstić information content (AvgIpc) is 2.22. The van der Waals surface area contributed by atoms with Crippen LogP contribution in [0, 0.1) is 18.7 Å². The summed E-state index contributed by atoms with van der Waals surface area (Å²) in [7, 11) is 0. The molecule has 0 amide bonds. The molecule has 0 saturated carbocycles. The van der Waals surface area contributed by atoms with Crippen molar-refractivity contribution in [3.63, 3.8) is 0 Å². The molecule has 3 heteroatoms. The summed E-state index contributed by atoms with van der Waals surface area (Å²) >= 11 is 6.14. The highest BCUT2D eigenvalue weighted by molar-refractivity contribution is 6.31. The Labute approximate surface area is 108 Å². The summed E-state index contributed by atoms with van der Waals surface area (Å²) < 4.78 is 13.4. The molecule has 0 aliphatic heterocycles. The third-order valence-corrected chi connectivity index (χ3v) is 3.14. The minimum Gasteiger partial charge on any atom is -0.310 e. The third kappa shape index (κ3) is 3.97. The highest BCUT2D eigenvalue weighted by Gasteiger charge is 2.16. The van der Waals surface area contributed by atoms with E-state index in [4.69, 9.17) is 11.6 Å². The lowest BCUT2D eigenvalue weighted by atomic mass is 9.95. The van der Waals surface area contributed by atoms with E-state index in [-0.39, 0.29) is 11.9 Å². The summed E-state index contributed by atoms with van der Waals surface area (Å²) in [6.07, 6.45) is 0.999. The molecule has 1 aromatic rings. The van der Waals surface area contributed by atoms with Gasteiger partial charge in [-0.2, -0.15) is 0 Å². The molecule has 0 spiro atoms. The lowest BCUT2D eigenvalue weighted by Crippen LogP contribution is -2.23. The van der Waals surface area contributed by atoms with E-state index in [1.807, 2.05) is 6.07 Å². The second-order valence-corrected chi connectivity index (χ2v) is 5.27. The van der Waals surface area contributed by atoms with E-state index in [1.54, 1.807) is 6.92 Å². The zero-order valence-electron chi connectivity index (χ0n) is 11.0. The van der Waals surface area contributed by atoms with Crippen LogP contribution in [0.15, 0.2) is 12.1 Å². The highest BCUT2D eigenvalue weighted by atomic mass is 35.5. The van der Waals surface area contributed by atoms with Crippen molar-refractivity contribution in [1.29, 1.82) is 0 Å². The molecule has 0 bridgehead atoms. The molecule has 0 heterocycles. The number of benzene rings is 1. The molecule has 1 N–H and O–H groups in total. The SMILES string of the molecule is CCNC(CC(C)C)c1cc(C)c(F)cc1Cl.